The maximum absolute atomic E-state index is 11.9. The lowest BCUT2D eigenvalue weighted by Gasteiger charge is -2.11. The maximum atomic E-state index is 11.9. The van der Waals surface area contributed by atoms with Gasteiger partial charge < -0.3 is 9.74 Å². The summed E-state index contributed by atoms with van der Waals surface area (Å²) in [6.45, 7) is 0. The topological polar surface area (TPSA) is 41.9 Å². The predicted octanol–water partition coefficient (Wildman–Crippen LogP) is 3.10. The van der Waals surface area contributed by atoms with E-state index < -0.39 is 5.97 Å². The molecule has 4 nitrogen and oxygen atoms in total. The molecule has 0 amide bonds. The van der Waals surface area contributed by atoms with Gasteiger partial charge in [0.2, 0.25) is 0 Å². The van der Waals surface area contributed by atoms with Crippen molar-refractivity contribution in [1.82, 2.24) is 0 Å². The molecule has 2 aromatic carbocycles. The summed E-state index contributed by atoms with van der Waals surface area (Å²) in [4.78, 5) is 18.8. The summed E-state index contributed by atoms with van der Waals surface area (Å²) < 4.78 is 0. The van der Waals surface area contributed by atoms with E-state index in [0.717, 1.165) is 16.8 Å². The molecule has 0 saturated carbocycles. The van der Waals surface area contributed by atoms with E-state index in [2.05, 4.69) is 5.16 Å². The Hall–Kier alpha value is -2.88. The van der Waals surface area contributed by atoms with E-state index in [9.17, 15) is 4.79 Å². The van der Waals surface area contributed by atoms with Gasteiger partial charge in [-0.2, -0.15) is 0 Å². The molecule has 4 heteroatoms. The Balaban J connectivity index is 1.94. The number of carbonyl (C=O) groups is 1. The van der Waals surface area contributed by atoms with Crippen LogP contribution >= 0.6 is 0 Å². The summed E-state index contributed by atoms with van der Waals surface area (Å²) in [5, 5.41) is 3.90. The highest BCUT2D eigenvalue weighted by molar-refractivity contribution is 6.31. The van der Waals surface area contributed by atoms with Gasteiger partial charge in [-0.25, -0.2) is 4.79 Å². The van der Waals surface area contributed by atoms with Crippen molar-refractivity contribution in [2.24, 2.45) is 5.16 Å². The second-order valence-electron chi connectivity index (χ2n) is 5.23. The van der Waals surface area contributed by atoms with Gasteiger partial charge in [0, 0.05) is 25.3 Å². The Morgan fingerprint density at radius 1 is 1.00 bits per heavy atom. The van der Waals surface area contributed by atoms with Gasteiger partial charge >= 0.3 is 5.97 Å². The van der Waals surface area contributed by atoms with E-state index in [1.165, 1.54) is 0 Å². The number of rotatable bonds is 3. The van der Waals surface area contributed by atoms with Crippen LogP contribution in [0.2, 0.25) is 0 Å². The van der Waals surface area contributed by atoms with Crippen LogP contribution in [0.25, 0.3) is 6.08 Å². The van der Waals surface area contributed by atoms with Crippen molar-refractivity contribution in [3.05, 3.63) is 71.3 Å². The third kappa shape index (κ3) is 2.76. The number of hydrogen-bond acceptors (Lipinski definition) is 4. The molecule has 22 heavy (non-hydrogen) atoms. The minimum absolute atomic E-state index is 0.421. The molecule has 110 valence electrons. The Kier molecular flexibility index (Phi) is 3.74. The summed E-state index contributed by atoms with van der Waals surface area (Å²) in [6.07, 6.45) is 1.81. The van der Waals surface area contributed by atoms with E-state index in [-0.39, 0.29) is 0 Å². The van der Waals surface area contributed by atoms with Crippen LogP contribution in [0.1, 0.15) is 11.1 Å². The molecule has 0 spiro atoms. The fourth-order valence-electron chi connectivity index (χ4n) is 2.25. The highest BCUT2D eigenvalue weighted by Crippen LogP contribution is 2.21. The number of anilines is 1. The van der Waals surface area contributed by atoms with Gasteiger partial charge in [0.15, 0.2) is 0 Å². The lowest BCUT2D eigenvalue weighted by atomic mass is 10.0. The van der Waals surface area contributed by atoms with Crippen molar-refractivity contribution in [2.45, 2.75) is 0 Å². The zero-order valence-corrected chi connectivity index (χ0v) is 12.5. The van der Waals surface area contributed by atoms with Crippen molar-refractivity contribution in [1.29, 1.82) is 0 Å². The standard InChI is InChI=1S/C18H16N2O2/c1-20(2)15-10-8-13(9-11-15)12-16-17(19-22-18(16)21)14-6-4-3-5-7-14/h3-12H,1-2H3/b16-12-. The molecule has 0 bridgehead atoms. The number of nitrogens with zero attached hydrogens (tertiary/aromatic N) is 2. The first-order valence-electron chi connectivity index (χ1n) is 6.99. The molecular formula is C18H16N2O2. The van der Waals surface area contributed by atoms with Gasteiger partial charge in [-0.15, -0.1) is 0 Å². The first-order chi connectivity index (χ1) is 10.6. The lowest BCUT2D eigenvalue weighted by molar-refractivity contribution is -0.136. The Bertz CT molecular complexity index is 744. The van der Waals surface area contributed by atoms with Gasteiger partial charge in [-0.1, -0.05) is 47.6 Å². The van der Waals surface area contributed by atoms with Crippen LogP contribution in [0.4, 0.5) is 5.69 Å². The smallest absolute Gasteiger partial charge is 0.368 e. The average molecular weight is 292 g/mol. The van der Waals surface area contributed by atoms with Crippen LogP contribution in [0, 0.1) is 0 Å². The first-order valence-corrected chi connectivity index (χ1v) is 6.99. The normalized spacial score (nSPS) is 15.6. The molecule has 0 fully saturated rings. The monoisotopic (exact) mass is 292 g/mol. The maximum Gasteiger partial charge on any atom is 0.368 e. The van der Waals surface area contributed by atoms with Crippen molar-refractivity contribution in [3.63, 3.8) is 0 Å². The molecule has 0 saturated heterocycles. The molecule has 3 rings (SSSR count). The quantitative estimate of drug-likeness (QED) is 0.645. The SMILES string of the molecule is CN(C)c1ccc(/C=C2\C(=O)ON=C2c2ccccc2)cc1. The van der Waals surface area contributed by atoms with Gasteiger partial charge in [0.25, 0.3) is 0 Å². The zero-order valence-electron chi connectivity index (χ0n) is 12.5. The second kappa shape index (κ2) is 5.85. The molecule has 2 aromatic rings. The summed E-state index contributed by atoms with van der Waals surface area (Å²) in [5.41, 5.74) is 3.95. The van der Waals surface area contributed by atoms with Crippen LogP contribution in [0.15, 0.2) is 65.3 Å². The highest BCUT2D eigenvalue weighted by atomic mass is 16.7. The van der Waals surface area contributed by atoms with E-state index in [4.69, 9.17) is 4.84 Å². The number of hydrogen-bond donors (Lipinski definition) is 0. The third-order valence-corrected chi connectivity index (χ3v) is 3.46. The lowest BCUT2D eigenvalue weighted by Crippen LogP contribution is -2.08. The fraction of sp³-hybridized carbons (Fsp3) is 0.111. The molecule has 0 aliphatic carbocycles. The highest BCUT2D eigenvalue weighted by Gasteiger charge is 2.26. The van der Waals surface area contributed by atoms with Gasteiger partial charge in [-0.05, 0) is 23.8 Å². The molecule has 0 radical (unpaired) electrons. The van der Waals surface area contributed by atoms with Crippen LogP contribution in [0.3, 0.4) is 0 Å². The molecule has 0 atom stereocenters. The summed E-state index contributed by atoms with van der Waals surface area (Å²) in [6, 6.07) is 17.5. The van der Waals surface area contributed by atoms with Crippen molar-refractivity contribution >= 4 is 23.4 Å². The number of oxime groups is 1. The van der Waals surface area contributed by atoms with Gasteiger partial charge in [0.1, 0.15) is 5.71 Å². The van der Waals surface area contributed by atoms with E-state index in [1.807, 2.05) is 73.6 Å². The Morgan fingerprint density at radius 3 is 2.32 bits per heavy atom. The molecule has 1 aliphatic heterocycles. The van der Waals surface area contributed by atoms with Gasteiger partial charge in [0.05, 0.1) is 5.57 Å². The molecule has 0 N–H and O–H groups in total. The minimum atomic E-state index is -0.421. The average Bonchev–Trinajstić information content (AvgIpc) is 2.90. The van der Waals surface area contributed by atoms with E-state index in [1.54, 1.807) is 6.08 Å². The van der Waals surface area contributed by atoms with Crippen LogP contribution in [0.5, 0.6) is 0 Å². The summed E-state index contributed by atoms with van der Waals surface area (Å²) in [7, 11) is 3.98. The van der Waals surface area contributed by atoms with Crippen molar-refractivity contribution < 1.29 is 9.63 Å². The molecule has 0 aromatic heterocycles. The van der Waals surface area contributed by atoms with Crippen molar-refractivity contribution in [3.8, 4) is 0 Å². The number of carbonyl (C=O) groups excluding carboxylic acids is 1. The first kappa shape index (κ1) is 14.1. The summed E-state index contributed by atoms with van der Waals surface area (Å²) >= 11 is 0. The summed E-state index contributed by atoms with van der Waals surface area (Å²) in [5.74, 6) is -0.421. The van der Waals surface area contributed by atoms with Crippen molar-refractivity contribution in [2.75, 3.05) is 19.0 Å². The van der Waals surface area contributed by atoms with Crippen LogP contribution < -0.4 is 4.90 Å². The Labute approximate surface area is 129 Å². The Morgan fingerprint density at radius 2 is 1.68 bits per heavy atom. The van der Waals surface area contributed by atoms with Crippen LogP contribution in [-0.4, -0.2) is 25.8 Å². The number of benzene rings is 2. The van der Waals surface area contributed by atoms with Gasteiger partial charge in [-0.3, -0.25) is 0 Å². The zero-order chi connectivity index (χ0) is 15.5. The second-order valence-corrected chi connectivity index (χ2v) is 5.23. The predicted molar refractivity (Wildman–Crippen MR) is 87.8 cm³/mol. The largest absolute Gasteiger partial charge is 0.378 e. The molecule has 1 heterocycles. The fourth-order valence-corrected chi connectivity index (χ4v) is 2.25. The minimum Gasteiger partial charge on any atom is -0.378 e. The van der Waals surface area contributed by atoms with E-state index in [0.29, 0.717) is 11.3 Å². The van der Waals surface area contributed by atoms with Crippen LogP contribution in [-0.2, 0) is 9.63 Å². The van der Waals surface area contributed by atoms with E-state index >= 15 is 0 Å². The molecule has 1 aliphatic rings. The molecular weight excluding hydrogens is 276 g/mol. The third-order valence-electron chi connectivity index (χ3n) is 3.46. The molecule has 0 unspecified atom stereocenters.